The largest absolute Gasteiger partial charge is 0.481 e. The molecule has 0 aromatic rings. The van der Waals surface area contributed by atoms with Gasteiger partial charge in [0.1, 0.15) is 20.0 Å². The molecule has 6 heteroatoms. The van der Waals surface area contributed by atoms with E-state index in [2.05, 4.69) is 0 Å². The third-order valence-corrected chi connectivity index (χ3v) is 4.30. The highest BCUT2D eigenvalue weighted by atomic mass is 35.5. The molecular weight excluding hydrogens is 269 g/mol. The zero-order valence-corrected chi connectivity index (χ0v) is 11.0. The number of carbonyl (C=O) groups is 1. The predicted molar refractivity (Wildman–Crippen MR) is 62.7 cm³/mol. The van der Waals surface area contributed by atoms with Gasteiger partial charge in [-0.2, -0.15) is 0 Å². The molecule has 1 saturated carbocycles. The van der Waals surface area contributed by atoms with Gasteiger partial charge in [0.2, 0.25) is 0 Å². The van der Waals surface area contributed by atoms with Crippen LogP contribution < -0.4 is 0 Å². The second kappa shape index (κ2) is 5.11. The SMILES string of the molecule is CC1(C)C(C=C(Cl)C(CF)(CF)CF)C1C(=O)O. The molecule has 1 aliphatic carbocycles. The predicted octanol–water partition coefficient (Wildman–Crippen LogP) is 3.36. The Morgan fingerprint density at radius 3 is 2.06 bits per heavy atom. The lowest BCUT2D eigenvalue weighted by Gasteiger charge is -2.23. The van der Waals surface area contributed by atoms with Crippen LogP contribution in [0.15, 0.2) is 11.1 Å². The summed E-state index contributed by atoms with van der Waals surface area (Å²) in [7, 11) is 0. The first-order valence-corrected chi connectivity index (χ1v) is 5.93. The maximum atomic E-state index is 12.8. The summed E-state index contributed by atoms with van der Waals surface area (Å²) < 4.78 is 38.3. The molecule has 104 valence electrons. The number of rotatable bonds is 6. The molecule has 1 rings (SSSR count). The fourth-order valence-corrected chi connectivity index (χ4v) is 2.38. The minimum atomic E-state index is -1.97. The van der Waals surface area contributed by atoms with Gasteiger partial charge in [0.05, 0.1) is 11.3 Å². The Kier molecular flexibility index (Phi) is 4.36. The van der Waals surface area contributed by atoms with E-state index in [1.807, 2.05) is 0 Å². The topological polar surface area (TPSA) is 37.3 Å². The minimum absolute atomic E-state index is 0.267. The Morgan fingerprint density at radius 2 is 1.78 bits per heavy atom. The highest BCUT2D eigenvalue weighted by molar-refractivity contribution is 6.30. The lowest BCUT2D eigenvalue weighted by molar-refractivity contribution is -0.139. The van der Waals surface area contributed by atoms with Gasteiger partial charge in [-0.25, -0.2) is 13.2 Å². The number of carboxylic acid groups (broad SMARTS) is 1. The van der Waals surface area contributed by atoms with Crippen molar-refractivity contribution in [1.82, 2.24) is 0 Å². The number of hydrogen-bond acceptors (Lipinski definition) is 1. The average molecular weight is 285 g/mol. The van der Waals surface area contributed by atoms with Crippen molar-refractivity contribution in [3.05, 3.63) is 11.1 Å². The Balaban J connectivity index is 2.94. The third kappa shape index (κ3) is 2.37. The monoisotopic (exact) mass is 284 g/mol. The van der Waals surface area contributed by atoms with Crippen LogP contribution >= 0.6 is 11.6 Å². The average Bonchev–Trinajstić information content (AvgIpc) is 2.83. The molecule has 1 N–H and O–H groups in total. The molecule has 18 heavy (non-hydrogen) atoms. The third-order valence-electron chi connectivity index (χ3n) is 3.78. The fraction of sp³-hybridized carbons (Fsp3) is 0.750. The maximum absolute atomic E-state index is 12.8. The van der Waals surface area contributed by atoms with E-state index in [0.29, 0.717) is 0 Å². The zero-order chi connectivity index (χ0) is 14.1. The quantitative estimate of drug-likeness (QED) is 0.812. The van der Waals surface area contributed by atoms with Gasteiger partial charge in [-0.05, 0) is 11.3 Å². The van der Waals surface area contributed by atoms with Crippen molar-refractivity contribution < 1.29 is 23.1 Å². The highest BCUT2D eigenvalue weighted by Crippen LogP contribution is 2.60. The Hall–Kier alpha value is -0.710. The summed E-state index contributed by atoms with van der Waals surface area (Å²) in [4.78, 5) is 10.9. The molecule has 0 aliphatic heterocycles. The molecule has 0 saturated heterocycles. The Morgan fingerprint density at radius 1 is 1.33 bits per heavy atom. The lowest BCUT2D eigenvalue weighted by Crippen LogP contribution is -2.29. The summed E-state index contributed by atoms with van der Waals surface area (Å²) in [5, 5.41) is 8.69. The molecule has 0 aromatic heterocycles. The lowest BCUT2D eigenvalue weighted by atomic mass is 9.91. The summed E-state index contributed by atoms with van der Waals surface area (Å²) >= 11 is 5.78. The van der Waals surface area contributed by atoms with Crippen LogP contribution in [-0.4, -0.2) is 31.1 Å². The van der Waals surface area contributed by atoms with Gasteiger partial charge in [-0.1, -0.05) is 31.5 Å². The summed E-state index contributed by atoms with van der Waals surface area (Å²) in [5.74, 6) is -2.06. The van der Waals surface area contributed by atoms with E-state index in [0.717, 1.165) is 0 Å². The van der Waals surface area contributed by atoms with Crippen LogP contribution in [0.4, 0.5) is 13.2 Å². The van der Waals surface area contributed by atoms with Crippen LogP contribution in [0.3, 0.4) is 0 Å². The van der Waals surface area contributed by atoms with Gasteiger partial charge >= 0.3 is 5.97 Å². The van der Waals surface area contributed by atoms with Crippen molar-refractivity contribution >= 4 is 17.6 Å². The molecule has 2 unspecified atom stereocenters. The van der Waals surface area contributed by atoms with Gasteiger partial charge in [-0.3, -0.25) is 4.79 Å². The van der Waals surface area contributed by atoms with Crippen LogP contribution in [0, 0.1) is 22.7 Å². The van der Waals surface area contributed by atoms with Crippen LogP contribution in [0.2, 0.25) is 0 Å². The molecule has 1 fully saturated rings. The number of hydrogen-bond donors (Lipinski definition) is 1. The van der Waals surface area contributed by atoms with Crippen molar-refractivity contribution in [3.8, 4) is 0 Å². The van der Waals surface area contributed by atoms with Crippen molar-refractivity contribution in [1.29, 1.82) is 0 Å². The van der Waals surface area contributed by atoms with Crippen LogP contribution in [0.1, 0.15) is 13.8 Å². The van der Waals surface area contributed by atoms with Crippen molar-refractivity contribution in [2.24, 2.45) is 22.7 Å². The number of alkyl halides is 3. The van der Waals surface area contributed by atoms with Crippen molar-refractivity contribution in [2.75, 3.05) is 20.0 Å². The van der Waals surface area contributed by atoms with E-state index < -0.39 is 48.7 Å². The van der Waals surface area contributed by atoms with E-state index in [4.69, 9.17) is 16.7 Å². The Bertz CT molecular complexity index is 356. The van der Waals surface area contributed by atoms with E-state index in [9.17, 15) is 18.0 Å². The number of halogens is 4. The molecule has 0 spiro atoms. The van der Waals surface area contributed by atoms with Crippen LogP contribution in [-0.2, 0) is 4.79 Å². The van der Waals surface area contributed by atoms with Crippen LogP contribution in [0.25, 0.3) is 0 Å². The van der Waals surface area contributed by atoms with Gasteiger partial charge in [0, 0.05) is 5.03 Å². The number of aliphatic carboxylic acids is 1. The maximum Gasteiger partial charge on any atom is 0.307 e. The summed E-state index contributed by atoms with van der Waals surface area (Å²) in [6, 6.07) is 0. The summed E-state index contributed by atoms with van der Waals surface area (Å²) in [5.41, 5.74) is -2.50. The summed E-state index contributed by atoms with van der Waals surface area (Å²) in [6.45, 7) is -0.307. The standard InChI is InChI=1S/C12H16ClF3O2/c1-11(2)7(9(11)10(17)18)3-8(13)12(4-14,5-15)6-16/h3,7,9H,4-6H2,1-2H3,(H,17,18). The number of carboxylic acids is 1. The van der Waals surface area contributed by atoms with Gasteiger partial charge in [0.25, 0.3) is 0 Å². The molecule has 2 nitrogen and oxygen atoms in total. The molecule has 2 atom stereocenters. The van der Waals surface area contributed by atoms with E-state index in [-0.39, 0.29) is 5.03 Å². The minimum Gasteiger partial charge on any atom is -0.481 e. The van der Waals surface area contributed by atoms with Crippen molar-refractivity contribution in [2.45, 2.75) is 13.8 Å². The molecule has 0 heterocycles. The molecule has 0 amide bonds. The van der Waals surface area contributed by atoms with E-state index in [1.165, 1.54) is 6.08 Å². The smallest absolute Gasteiger partial charge is 0.307 e. The normalized spacial score (nSPS) is 27.1. The Labute approximate surface area is 109 Å². The molecule has 0 radical (unpaired) electrons. The fourth-order valence-electron chi connectivity index (χ4n) is 2.09. The highest BCUT2D eigenvalue weighted by Gasteiger charge is 2.61. The van der Waals surface area contributed by atoms with E-state index >= 15 is 0 Å². The van der Waals surface area contributed by atoms with Gasteiger partial charge in [-0.15, -0.1) is 0 Å². The van der Waals surface area contributed by atoms with E-state index in [1.54, 1.807) is 13.8 Å². The molecule has 1 aliphatic rings. The number of allylic oxidation sites excluding steroid dienone is 2. The van der Waals surface area contributed by atoms with Gasteiger partial charge < -0.3 is 5.11 Å². The first-order valence-electron chi connectivity index (χ1n) is 5.55. The molecule has 0 aromatic carbocycles. The van der Waals surface area contributed by atoms with Crippen LogP contribution in [0.5, 0.6) is 0 Å². The van der Waals surface area contributed by atoms with Crippen molar-refractivity contribution in [3.63, 3.8) is 0 Å². The zero-order valence-electron chi connectivity index (χ0n) is 10.2. The molecule has 0 bridgehead atoms. The second-order valence-electron chi connectivity index (χ2n) is 5.36. The van der Waals surface area contributed by atoms with Gasteiger partial charge in [0.15, 0.2) is 0 Å². The first-order chi connectivity index (χ1) is 8.26. The molecular formula is C12H16ClF3O2. The summed E-state index contributed by atoms with van der Waals surface area (Å²) in [6.07, 6.45) is 1.29. The first kappa shape index (κ1) is 15.3. The second-order valence-corrected chi connectivity index (χ2v) is 5.77.